The molecule has 2 N–H and O–H groups in total. The van der Waals surface area contributed by atoms with Crippen LogP contribution in [0.2, 0.25) is 0 Å². The maximum absolute atomic E-state index is 10.8. The fraction of sp³-hybridized carbons (Fsp3) is 0.556. The van der Waals surface area contributed by atoms with Crippen molar-refractivity contribution < 1.29 is 14.6 Å². The molecular formula is C9H14N2O3. The number of carboxylic acids is 1. The Kier molecular flexibility index (Phi) is 3.24. The van der Waals surface area contributed by atoms with Gasteiger partial charge >= 0.3 is 5.97 Å². The lowest BCUT2D eigenvalue weighted by molar-refractivity contribution is 0.0638. The summed E-state index contributed by atoms with van der Waals surface area (Å²) in [6.07, 6.45) is -0.246. The van der Waals surface area contributed by atoms with E-state index < -0.39 is 5.97 Å². The Morgan fingerprint density at radius 1 is 1.71 bits per heavy atom. The summed E-state index contributed by atoms with van der Waals surface area (Å²) in [7, 11) is 0. The standard InChI is InChI=1S/C9H14N2O3/c1-4-14-6(3)7-5(2)10-11-8(7)9(12)13/h6H,4H2,1-3H3,(H,10,11)(H,12,13). The van der Waals surface area contributed by atoms with Gasteiger partial charge in [0.2, 0.25) is 0 Å². The molecule has 0 radical (unpaired) electrons. The Balaban J connectivity index is 3.04. The second-order valence-corrected chi connectivity index (χ2v) is 3.01. The molecule has 0 aliphatic heterocycles. The van der Waals surface area contributed by atoms with Crippen molar-refractivity contribution in [1.82, 2.24) is 10.2 Å². The van der Waals surface area contributed by atoms with Crippen molar-refractivity contribution in [2.24, 2.45) is 0 Å². The molecule has 0 fully saturated rings. The predicted molar refractivity (Wildman–Crippen MR) is 50.3 cm³/mol. The third kappa shape index (κ3) is 1.93. The van der Waals surface area contributed by atoms with Gasteiger partial charge in [-0.05, 0) is 20.8 Å². The van der Waals surface area contributed by atoms with Gasteiger partial charge in [0.05, 0.1) is 6.10 Å². The van der Waals surface area contributed by atoms with E-state index in [2.05, 4.69) is 10.2 Å². The van der Waals surface area contributed by atoms with Crippen LogP contribution in [0.25, 0.3) is 0 Å². The average molecular weight is 198 g/mol. The molecule has 1 heterocycles. The van der Waals surface area contributed by atoms with E-state index in [1.165, 1.54) is 0 Å². The number of rotatable bonds is 4. The van der Waals surface area contributed by atoms with Crippen LogP contribution in [-0.2, 0) is 4.74 Å². The van der Waals surface area contributed by atoms with E-state index >= 15 is 0 Å². The number of hydrogen-bond donors (Lipinski definition) is 2. The number of carbonyl (C=O) groups is 1. The van der Waals surface area contributed by atoms with E-state index in [1.807, 2.05) is 13.8 Å². The number of nitrogens with one attached hydrogen (secondary N) is 1. The number of nitrogens with zero attached hydrogens (tertiary/aromatic N) is 1. The molecule has 5 heteroatoms. The third-order valence-corrected chi connectivity index (χ3v) is 2.02. The van der Waals surface area contributed by atoms with Crippen molar-refractivity contribution in [2.45, 2.75) is 26.9 Å². The highest BCUT2D eigenvalue weighted by Crippen LogP contribution is 2.22. The molecule has 1 unspecified atom stereocenters. The first-order valence-corrected chi connectivity index (χ1v) is 4.47. The van der Waals surface area contributed by atoms with Crippen LogP contribution in [0.3, 0.4) is 0 Å². The molecule has 0 saturated carbocycles. The average Bonchev–Trinajstić information content (AvgIpc) is 2.47. The molecule has 1 rings (SSSR count). The second-order valence-electron chi connectivity index (χ2n) is 3.01. The highest BCUT2D eigenvalue weighted by Gasteiger charge is 2.21. The maximum atomic E-state index is 10.8. The Morgan fingerprint density at radius 3 is 2.86 bits per heavy atom. The van der Waals surface area contributed by atoms with Crippen LogP contribution in [0.1, 0.15) is 41.7 Å². The lowest BCUT2D eigenvalue weighted by Gasteiger charge is -2.11. The minimum atomic E-state index is -1.03. The minimum Gasteiger partial charge on any atom is -0.476 e. The third-order valence-electron chi connectivity index (χ3n) is 2.02. The van der Waals surface area contributed by atoms with Crippen LogP contribution in [0, 0.1) is 6.92 Å². The number of aromatic nitrogens is 2. The topological polar surface area (TPSA) is 75.2 Å². The highest BCUT2D eigenvalue weighted by molar-refractivity contribution is 5.87. The molecule has 1 atom stereocenters. The van der Waals surface area contributed by atoms with Gasteiger partial charge in [0.25, 0.3) is 0 Å². The lowest BCUT2D eigenvalue weighted by atomic mass is 10.1. The molecule has 0 aromatic carbocycles. The van der Waals surface area contributed by atoms with Gasteiger partial charge in [0.15, 0.2) is 5.69 Å². The minimum absolute atomic E-state index is 0.0449. The largest absolute Gasteiger partial charge is 0.476 e. The SMILES string of the molecule is CCOC(C)c1c(C(=O)O)n[nH]c1C. The van der Waals surface area contributed by atoms with Crippen LogP contribution in [0.4, 0.5) is 0 Å². The number of aromatic carboxylic acids is 1. The van der Waals surface area contributed by atoms with Crippen LogP contribution < -0.4 is 0 Å². The summed E-state index contributed by atoms with van der Waals surface area (Å²) < 4.78 is 5.33. The van der Waals surface area contributed by atoms with Gasteiger partial charge < -0.3 is 9.84 Å². The van der Waals surface area contributed by atoms with E-state index in [0.717, 1.165) is 5.69 Å². The highest BCUT2D eigenvalue weighted by atomic mass is 16.5. The molecule has 1 aromatic heterocycles. The molecule has 14 heavy (non-hydrogen) atoms. The lowest BCUT2D eigenvalue weighted by Crippen LogP contribution is -2.07. The van der Waals surface area contributed by atoms with Crippen molar-refractivity contribution >= 4 is 5.97 Å². The molecule has 0 amide bonds. The number of carboxylic acid groups (broad SMARTS) is 1. The number of ether oxygens (including phenoxy) is 1. The predicted octanol–water partition coefficient (Wildman–Crippen LogP) is 1.51. The van der Waals surface area contributed by atoms with E-state index in [4.69, 9.17) is 9.84 Å². The number of hydrogen-bond acceptors (Lipinski definition) is 3. The maximum Gasteiger partial charge on any atom is 0.356 e. The zero-order valence-electron chi connectivity index (χ0n) is 8.50. The fourth-order valence-electron chi connectivity index (χ4n) is 1.43. The van der Waals surface area contributed by atoms with Gasteiger partial charge in [0, 0.05) is 17.9 Å². The van der Waals surface area contributed by atoms with E-state index in [0.29, 0.717) is 12.2 Å². The quantitative estimate of drug-likeness (QED) is 0.769. The van der Waals surface area contributed by atoms with E-state index in [1.54, 1.807) is 6.92 Å². The molecule has 0 bridgehead atoms. The summed E-state index contributed by atoms with van der Waals surface area (Å²) >= 11 is 0. The first-order valence-electron chi connectivity index (χ1n) is 4.47. The van der Waals surface area contributed by atoms with Crippen LogP contribution in [0.5, 0.6) is 0 Å². The number of H-pyrrole nitrogens is 1. The molecular weight excluding hydrogens is 184 g/mol. The summed E-state index contributed by atoms with van der Waals surface area (Å²) in [5.74, 6) is -1.03. The smallest absolute Gasteiger partial charge is 0.356 e. The van der Waals surface area contributed by atoms with E-state index in [-0.39, 0.29) is 11.8 Å². The summed E-state index contributed by atoms with van der Waals surface area (Å²) in [4.78, 5) is 10.8. The summed E-state index contributed by atoms with van der Waals surface area (Å²) in [5, 5.41) is 15.2. The second kappa shape index (κ2) is 4.23. The fourth-order valence-corrected chi connectivity index (χ4v) is 1.43. The van der Waals surface area contributed by atoms with Crippen molar-refractivity contribution in [3.63, 3.8) is 0 Å². The Hall–Kier alpha value is -1.36. The molecule has 78 valence electrons. The molecule has 0 aliphatic rings. The first-order chi connectivity index (χ1) is 6.57. The van der Waals surface area contributed by atoms with Crippen LogP contribution in [-0.4, -0.2) is 27.9 Å². The summed E-state index contributed by atoms with van der Waals surface area (Å²) in [5.41, 5.74) is 1.41. The Labute approximate surface area is 82.1 Å². The van der Waals surface area contributed by atoms with Gasteiger partial charge in [-0.3, -0.25) is 5.10 Å². The monoisotopic (exact) mass is 198 g/mol. The Morgan fingerprint density at radius 2 is 2.36 bits per heavy atom. The van der Waals surface area contributed by atoms with Crippen LogP contribution in [0.15, 0.2) is 0 Å². The van der Waals surface area contributed by atoms with Gasteiger partial charge in [0.1, 0.15) is 0 Å². The molecule has 5 nitrogen and oxygen atoms in total. The normalized spacial score (nSPS) is 12.8. The zero-order valence-corrected chi connectivity index (χ0v) is 8.50. The molecule has 1 aromatic rings. The van der Waals surface area contributed by atoms with Gasteiger partial charge in [-0.1, -0.05) is 0 Å². The van der Waals surface area contributed by atoms with Gasteiger partial charge in [-0.15, -0.1) is 0 Å². The van der Waals surface area contributed by atoms with E-state index in [9.17, 15) is 4.79 Å². The van der Waals surface area contributed by atoms with Crippen molar-refractivity contribution in [3.05, 3.63) is 17.0 Å². The Bertz CT molecular complexity index is 333. The van der Waals surface area contributed by atoms with Crippen molar-refractivity contribution in [3.8, 4) is 0 Å². The van der Waals surface area contributed by atoms with Gasteiger partial charge in [-0.25, -0.2) is 4.79 Å². The number of aromatic amines is 1. The summed E-state index contributed by atoms with van der Waals surface area (Å²) in [6.45, 7) is 6.01. The zero-order chi connectivity index (χ0) is 10.7. The molecule has 0 saturated heterocycles. The van der Waals surface area contributed by atoms with Gasteiger partial charge in [-0.2, -0.15) is 5.10 Å². The van der Waals surface area contributed by atoms with Crippen molar-refractivity contribution in [2.75, 3.05) is 6.61 Å². The molecule has 0 spiro atoms. The molecule has 0 aliphatic carbocycles. The first kappa shape index (κ1) is 10.7. The summed E-state index contributed by atoms with van der Waals surface area (Å²) in [6, 6.07) is 0. The van der Waals surface area contributed by atoms with Crippen molar-refractivity contribution in [1.29, 1.82) is 0 Å². The number of aryl methyl sites for hydroxylation is 1. The van der Waals surface area contributed by atoms with Crippen LogP contribution >= 0.6 is 0 Å².